The molecule has 0 bridgehead atoms. The molecule has 19 heavy (non-hydrogen) atoms. The minimum atomic E-state index is 0.599. The average molecular weight is 261 g/mol. The Morgan fingerprint density at radius 1 is 1.37 bits per heavy atom. The molecule has 0 heterocycles. The highest BCUT2D eigenvalue weighted by atomic mass is 16.5. The van der Waals surface area contributed by atoms with Gasteiger partial charge in [0.25, 0.3) is 0 Å². The van der Waals surface area contributed by atoms with Crippen LogP contribution < -0.4 is 5.32 Å². The molecule has 106 valence electrons. The number of likely N-dealkylation sites (N-methyl/N-ethyl adjacent to an activating group) is 1. The Labute approximate surface area is 117 Å². The van der Waals surface area contributed by atoms with E-state index in [0.29, 0.717) is 12.0 Å². The molecule has 1 N–H and O–H groups in total. The minimum Gasteiger partial charge on any atom is -0.385 e. The van der Waals surface area contributed by atoms with Gasteiger partial charge in [0.2, 0.25) is 0 Å². The number of fused-ring (bicyclic) bond motifs is 1. The smallest absolute Gasteiger partial charge is 0.0462 e. The Hall–Kier alpha value is -0.860. The largest absolute Gasteiger partial charge is 0.385 e. The summed E-state index contributed by atoms with van der Waals surface area (Å²) in [4.78, 5) is 0. The van der Waals surface area contributed by atoms with Crippen LogP contribution in [0.4, 0.5) is 0 Å². The lowest BCUT2D eigenvalue weighted by atomic mass is 9.77. The lowest BCUT2D eigenvalue weighted by Crippen LogP contribution is -2.36. The molecule has 0 amide bonds. The fraction of sp³-hybridized carbons (Fsp3) is 0.647. The molecule has 0 aromatic heterocycles. The van der Waals surface area contributed by atoms with E-state index in [1.54, 1.807) is 18.2 Å². The van der Waals surface area contributed by atoms with Crippen LogP contribution in [-0.4, -0.2) is 26.3 Å². The highest BCUT2D eigenvalue weighted by Gasteiger charge is 2.26. The molecule has 1 aromatic rings. The van der Waals surface area contributed by atoms with E-state index in [2.05, 4.69) is 36.5 Å². The quantitative estimate of drug-likeness (QED) is 0.758. The van der Waals surface area contributed by atoms with E-state index in [1.165, 1.54) is 25.7 Å². The Bertz CT molecular complexity index is 377. The Balaban J connectivity index is 2.08. The first-order chi connectivity index (χ1) is 9.36. The summed E-state index contributed by atoms with van der Waals surface area (Å²) in [5.74, 6) is 0.682. The molecular formula is C17H27NO. The third-order valence-corrected chi connectivity index (χ3v) is 4.23. The summed E-state index contributed by atoms with van der Waals surface area (Å²) < 4.78 is 5.20. The fourth-order valence-corrected chi connectivity index (χ4v) is 3.36. The molecule has 2 heteroatoms. The molecule has 1 aromatic carbocycles. The molecule has 0 saturated heterocycles. The second-order valence-corrected chi connectivity index (χ2v) is 5.50. The van der Waals surface area contributed by atoms with Gasteiger partial charge < -0.3 is 10.1 Å². The molecule has 0 aliphatic heterocycles. The van der Waals surface area contributed by atoms with E-state index in [-0.39, 0.29) is 0 Å². The van der Waals surface area contributed by atoms with Crippen molar-refractivity contribution in [3.63, 3.8) is 0 Å². The van der Waals surface area contributed by atoms with E-state index >= 15 is 0 Å². The van der Waals surface area contributed by atoms with Gasteiger partial charge in [0.15, 0.2) is 0 Å². The molecule has 1 aliphatic rings. The number of hydrogen-bond acceptors (Lipinski definition) is 2. The summed E-state index contributed by atoms with van der Waals surface area (Å²) >= 11 is 0. The van der Waals surface area contributed by atoms with Crippen LogP contribution in [0.15, 0.2) is 24.3 Å². The van der Waals surface area contributed by atoms with Crippen molar-refractivity contribution >= 4 is 0 Å². The standard InChI is InChI=1S/C17H27NO/c1-3-18-17(12-7-13-19-2)16-11-6-9-14-8-4-5-10-15(14)16/h4-5,8,10,16-18H,3,6-7,9,11-13H2,1-2H3. The second kappa shape index (κ2) is 7.66. The molecule has 0 fully saturated rings. The number of rotatable bonds is 7. The van der Waals surface area contributed by atoms with Crippen LogP contribution in [0.3, 0.4) is 0 Å². The first kappa shape index (κ1) is 14.5. The van der Waals surface area contributed by atoms with Crippen molar-refractivity contribution in [1.29, 1.82) is 0 Å². The number of aryl methyl sites for hydroxylation is 1. The van der Waals surface area contributed by atoms with Gasteiger partial charge in [0.05, 0.1) is 0 Å². The zero-order valence-corrected chi connectivity index (χ0v) is 12.3. The maximum atomic E-state index is 5.20. The SMILES string of the molecule is CCNC(CCCOC)C1CCCc2ccccc21. The predicted molar refractivity (Wildman–Crippen MR) is 80.7 cm³/mol. The zero-order valence-electron chi connectivity index (χ0n) is 12.3. The highest BCUT2D eigenvalue weighted by molar-refractivity contribution is 5.33. The normalized spacial score (nSPS) is 20.0. The maximum Gasteiger partial charge on any atom is 0.0462 e. The molecule has 1 aliphatic carbocycles. The van der Waals surface area contributed by atoms with Crippen LogP contribution in [0.5, 0.6) is 0 Å². The third-order valence-electron chi connectivity index (χ3n) is 4.23. The van der Waals surface area contributed by atoms with E-state index in [0.717, 1.165) is 19.6 Å². The number of nitrogens with one attached hydrogen (secondary N) is 1. The second-order valence-electron chi connectivity index (χ2n) is 5.50. The molecule has 0 spiro atoms. The summed E-state index contributed by atoms with van der Waals surface area (Å²) in [5, 5.41) is 3.70. The van der Waals surface area contributed by atoms with Crippen molar-refractivity contribution < 1.29 is 4.74 Å². The van der Waals surface area contributed by atoms with Crippen molar-refractivity contribution in [2.45, 2.75) is 51.0 Å². The Morgan fingerprint density at radius 2 is 2.21 bits per heavy atom. The van der Waals surface area contributed by atoms with E-state index in [1.807, 2.05) is 0 Å². The Morgan fingerprint density at radius 3 is 3.00 bits per heavy atom. The number of hydrogen-bond donors (Lipinski definition) is 1. The summed E-state index contributed by atoms with van der Waals surface area (Å²) in [6.45, 7) is 4.13. The van der Waals surface area contributed by atoms with Crippen molar-refractivity contribution in [2.75, 3.05) is 20.3 Å². The van der Waals surface area contributed by atoms with Crippen molar-refractivity contribution in [3.05, 3.63) is 35.4 Å². The van der Waals surface area contributed by atoms with Crippen LogP contribution >= 0.6 is 0 Å². The predicted octanol–water partition coefficient (Wildman–Crippen LogP) is 3.51. The number of benzene rings is 1. The third kappa shape index (κ3) is 3.80. The van der Waals surface area contributed by atoms with Crippen LogP contribution in [-0.2, 0) is 11.2 Å². The molecule has 2 nitrogen and oxygen atoms in total. The van der Waals surface area contributed by atoms with Crippen LogP contribution in [0.1, 0.15) is 49.7 Å². The van der Waals surface area contributed by atoms with E-state index in [9.17, 15) is 0 Å². The monoisotopic (exact) mass is 261 g/mol. The van der Waals surface area contributed by atoms with E-state index < -0.39 is 0 Å². The summed E-state index contributed by atoms with van der Waals surface area (Å²) in [5.41, 5.74) is 3.14. The van der Waals surface area contributed by atoms with Gasteiger partial charge >= 0.3 is 0 Å². The van der Waals surface area contributed by atoms with Crippen molar-refractivity contribution in [1.82, 2.24) is 5.32 Å². The summed E-state index contributed by atoms with van der Waals surface area (Å²) in [6, 6.07) is 9.60. The molecule has 2 unspecified atom stereocenters. The molecule has 0 saturated carbocycles. The van der Waals surface area contributed by atoms with Gasteiger partial charge in [-0.2, -0.15) is 0 Å². The molecule has 2 rings (SSSR count). The van der Waals surface area contributed by atoms with Gasteiger partial charge in [-0.1, -0.05) is 31.2 Å². The summed E-state index contributed by atoms with van der Waals surface area (Å²) in [7, 11) is 1.79. The maximum absolute atomic E-state index is 5.20. The van der Waals surface area contributed by atoms with Gasteiger partial charge in [0, 0.05) is 19.8 Å². The van der Waals surface area contributed by atoms with Crippen LogP contribution in [0, 0.1) is 0 Å². The summed E-state index contributed by atoms with van der Waals surface area (Å²) in [6.07, 6.45) is 6.26. The van der Waals surface area contributed by atoms with Gasteiger partial charge in [0.1, 0.15) is 0 Å². The van der Waals surface area contributed by atoms with E-state index in [4.69, 9.17) is 4.74 Å². The first-order valence-electron chi connectivity index (χ1n) is 7.67. The van der Waals surface area contributed by atoms with Crippen molar-refractivity contribution in [2.24, 2.45) is 0 Å². The Kier molecular flexibility index (Phi) is 5.87. The van der Waals surface area contributed by atoms with Gasteiger partial charge in [-0.15, -0.1) is 0 Å². The molecular weight excluding hydrogens is 234 g/mol. The lowest BCUT2D eigenvalue weighted by molar-refractivity contribution is 0.186. The van der Waals surface area contributed by atoms with Gasteiger partial charge in [-0.25, -0.2) is 0 Å². The highest BCUT2D eigenvalue weighted by Crippen LogP contribution is 2.35. The fourth-order valence-electron chi connectivity index (χ4n) is 3.36. The first-order valence-corrected chi connectivity index (χ1v) is 7.67. The van der Waals surface area contributed by atoms with Crippen LogP contribution in [0.25, 0.3) is 0 Å². The van der Waals surface area contributed by atoms with Gasteiger partial charge in [-0.3, -0.25) is 0 Å². The zero-order chi connectivity index (χ0) is 13.5. The number of methoxy groups -OCH3 is 1. The minimum absolute atomic E-state index is 0.599. The van der Waals surface area contributed by atoms with Crippen molar-refractivity contribution in [3.8, 4) is 0 Å². The lowest BCUT2D eigenvalue weighted by Gasteiger charge is -2.33. The number of ether oxygens (including phenoxy) is 1. The average Bonchev–Trinajstić information content (AvgIpc) is 2.46. The van der Waals surface area contributed by atoms with Crippen LogP contribution in [0.2, 0.25) is 0 Å². The molecule has 2 atom stereocenters. The topological polar surface area (TPSA) is 21.3 Å². The molecule has 0 radical (unpaired) electrons. The van der Waals surface area contributed by atoms with Gasteiger partial charge in [-0.05, 0) is 55.7 Å².